The molecule has 1 aromatic rings. The van der Waals surface area contributed by atoms with E-state index in [-0.39, 0.29) is 23.7 Å². The Kier molecular flexibility index (Phi) is 4.91. The minimum Gasteiger partial charge on any atom is -0.355 e. The first kappa shape index (κ1) is 14.0. The van der Waals surface area contributed by atoms with E-state index < -0.39 is 0 Å². The summed E-state index contributed by atoms with van der Waals surface area (Å²) in [6.45, 7) is 3.39. The summed E-state index contributed by atoms with van der Waals surface area (Å²) in [6.07, 6.45) is 2.94. The Bertz CT molecular complexity index is 432. The van der Waals surface area contributed by atoms with E-state index in [4.69, 9.17) is 0 Å². The van der Waals surface area contributed by atoms with Crippen molar-refractivity contribution in [1.82, 2.24) is 10.6 Å². The highest BCUT2D eigenvalue weighted by atomic mass is 19.1. The lowest BCUT2D eigenvalue weighted by molar-refractivity contribution is -0.122. The molecule has 0 radical (unpaired) electrons. The summed E-state index contributed by atoms with van der Waals surface area (Å²) >= 11 is 0. The molecule has 3 nitrogen and oxygen atoms in total. The van der Waals surface area contributed by atoms with Gasteiger partial charge in [-0.1, -0.05) is 19.1 Å². The van der Waals surface area contributed by atoms with Crippen LogP contribution < -0.4 is 10.6 Å². The first-order valence-corrected chi connectivity index (χ1v) is 6.97. The molecule has 1 aromatic carbocycles. The third-order valence-corrected chi connectivity index (χ3v) is 3.42. The second-order valence-corrected chi connectivity index (χ2v) is 5.04. The van der Waals surface area contributed by atoms with Crippen LogP contribution in [0.2, 0.25) is 0 Å². The van der Waals surface area contributed by atoms with Gasteiger partial charge < -0.3 is 10.6 Å². The Morgan fingerprint density at radius 1 is 1.42 bits per heavy atom. The van der Waals surface area contributed by atoms with Crippen molar-refractivity contribution in [3.05, 3.63) is 35.6 Å². The Morgan fingerprint density at radius 3 is 2.84 bits per heavy atom. The average Bonchev–Trinajstić information content (AvgIpc) is 3.23. The van der Waals surface area contributed by atoms with Crippen molar-refractivity contribution in [1.29, 1.82) is 0 Å². The average molecular weight is 264 g/mol. The van der Waals surface area contributed by atoms with Gasteiger partial charge >= 0.3 is 0 Å². The van der Waals surface area contributed by atoms with Crippen LogP contribution in [0.15, 0.2) is 24.3 Å². The molecule has 0 heterocycles. The van der Waals surface area contributed by atoms with E-state index in [0.717, 1.165) is 24.8 Å². The fraction of sp³-hybridized carbons (Fsp3) is 0.533. The highest BCUT2D eigenvalue weighted by molar-refractivity contribution is 5.80. The van der Waals surface area contributed by atoms with Crippen molar-refractivity contribution in [2.24, 2.45) is 5.92 Å². The molecular formula is C15H21FN2O. The van der Waals surface area contributed by atoms with Gasteiger partial charge in [-0.3, -0.25) is 4.79 Å². The molecule has 2 N–H and O–H groups in total. The lowest BCUT2D eigenvalue weighted by Crippen LogP contribution is -2.34. The smallest absolute Gasteiger partial charge is 0.223 e. The van der Waals surface area contributed by atoms with Gasteiger partial charge in [-0.15, -0.1) is 0 Å². The van der Waals surface area contributed by atoms with Crippen molar-refractivity contribution in [3.8, 4) is 0 Å². The lowest BCUT2D eigenvalue weighted by atomic mass is 10.0. The zero-order chi connectivity index (χ0) is 13.7. The predicted molar refractivity (Wildman–Crippen MR) is 73.2 cm³/mol. The van der Waals surface area contributed by atoms with E-state index in [1.165, 1.54) is 6.07 Å². The summed E-state index contributed by atoms with van der Waals surface area (Å²) < 4.78 is 13.2. The molecule has 19 heavy (non-hydrogen) atoms. The van der Waals surface area contributed by atoms with Crippen LogP contribution in [0.4, 0.5) is 4.39 Å². The van der Waals surface area contributed by atoms with Gasteiger partial charge in [-0.25, -0.2) is 4.39 Å². The maximum absolute atomic E-state index is 13.2. The molecule has 1 amide bonds. The number of hydrogen-bond acceptors (Lipinski definition) is 2. The lowest BCUT2D eigenvalue weighted by Gasteiger charge is -2.17. The molecule has 1 aliphatic carbocycles. The molecule has 2 rings (SSSR count). The number of benzene rings is 1. The number of rotatable bonds is 7. The monoisotopic (exact) mass is 264 g/mol. The first-order chi connectivity index (χ1) is 9.20. The van der Waals surface area contributed by atoms with E-state index in [9.17, 15) is 9.18 Å². The van der Waals surface area contributed by atoms with Gasteiger partial charge in [0.05, 0.1) is 0 Å². The third kappa shape index (κ3) is 4.31. The molecule has 1 fully saturated rings. The summed E-state index contributed by atoms with van der Waals surface area (Å²) in [5.41, 5.74) is 0.955. The van der Waals surface area contributed by atoms with Gasteiger partial charge in [-0.05, 0) is 37.0 Å². The van der Waals surface area contributed by atoms with E-state index >= 15 is 0 Å². The Labute approximate surface area is 113 Å². The summed E-state index contributed by atoms with van der Waals surface area (Å²) in [5, 5.41) is 6.26. The fourth-order valence-electron chi connectivity index (χ4n) is 2.14. The van der Waals surface area contributed by atoms with Gasteiger partial charge in [0.25, 0.3) is 0 Å². The molecule has 0 aliphatic heterocycles. The summed E-state index contributed by atoms with van der Waals surface area (Å²) in [7, 11) is 0. The maximum Gasteiger partial charge on any atom is 0.223 e. The number of carbonyl (C=O) groups excluding carboxylic acids is 1. The molecular weight excluding hydrogens is 243 g/mol. The highest BCUT2D eigenvalue weighted by Gasteiger charge is 2.28. The van der Waals surface area contributed by atoms with Gasteiger partial charge in [0.1, 0.15) is 5.82 Å². The largest absolute Gasteiger partial charge is 0.355 e. The first-order valence-electron chi connectivity index (χ1n) is 6.97. The van der Waals surface area contributed by atoms with Crippen LogP contribution in [0.1, 0.15) is 37.8 Å². The SMILES string of the molecule is CCC(NCCNC(=O)C1CC1)c1cccc(F)c1. The minimum absolute atomic E-state index is 0.133. The molecule has 0 aromatic heterocycles. The zero-order valence-corrected chi connectivity index (χ0v) is 11.3. The topological polar surface area (TPSA) is 41.1 Å². The normalized spacial score (nSPS) is 16.1. The second kappa shape index (κ2) is 6.66. The van der Waals surface area contributed by atoms with Crippen molar-refractivity contribution in [2.45, 2.75) is 32.2 Å². The van der Waals surface area contributed by atoms with Crippen LogP contribution in [0, 0.1) is 11.7 Å². The molecule has 1 atom stereocenters. The van der Waals surface area contributed by atoms with E-state index in [2.05, 4.69) is 17.6 Å². The Morgan fingerprint density at radius 2 is 2.21 bits per heavy atom. The van der Waals surface area contributed by atoms with Crippen molar-refractivity contribution in [2.75, 3.05) is 13.1 Å². The van der Waals surface area contributed by atoms with Gasteiger partial charge in [0.15, 0.2) is 0 Å². The van der Waals surface area contributed by atoms with Gasteiger partial charge in [0, 0.05) is 25.0 Å². The maximum atomic E-state index is 13.2. The molecule has 1 unspecified atom stereocenters. The quantitative estimate of drug-likeness (QED) is 0.742. The van der Waals surface area contributed by atoms with E-state index in [1.54, 1.807) is 12.1 Å². The number of amides is 1. The van der Waals surface area contributed by atoms with Gasteiger partial charge in [-0.2, -0.15) is 0 Å². The predicted octanol–water partition coefficient (Wildman–Crippen LogP) is 2.39. The van der Waals surface area contributed by atoms with Crippen LogP contribution >= 0.6 is 0 Å². The van der Waals surface area contributed by atoms with Gasteiger partial charge in [0.2, 0.25) is 5.91 Å². The van der Waals surface area contributed by atoms with Crippen LogP contribution in [0.3, 0.4) is 0 Å². The van der Waals surface area contributed by atoms with Crippen LogP contribution in [-0.4, -0.2) is 19.0 Å². The highest BCUT2D eigenvalue weighted by Crippen LogP contribution is 2.28. The Hall–Kier alpha value is -1.42. The molecule has 0 spiro atoms. The standard InChI is InChI=1S/C15H21FN2O/c1-2-14(12-4-3-5-13(16)10-12)17-8-9-18-15(19)11-6-7-11/h3-5,10-11,14,17H,2,6-9H2,1H3,(H,18,19). The van der Waals surface area contributed by atoms with Crippen molar-refractivity contribution < 1.29 is 9.18 Å². The number of carbonyl (C=O) groups is 1. The van der Waals surface area contributed by atoms with Crippen LogP contribution in [-0.2, 0) is 4.79 Å². The molecule has 4 heteroatoms. The van der Waals surface area contributed by atoms with Crippen molar-refractivity contribution in [3.63, 3.8) is 0 Å². The van der Waals surface area contributed by atoms with Crippen LogP contribution in [0.25, 0.3) is 0 Å². The molecule has 1 aliphatic rings. The molecule has 0 saturated heterocycles. The van der Waals surface area contributed by atoms with Crippen molar-refractivity contribution >= 4 is 5.91 Å². The summed E-state index contributed by atoms with van der Waals surface area (Å²) in [5.74, 6) is 0.214. The molecule has 104 valence electrons. The minimum atomic E-state index is -0.209. The summed E-state index contributed by atoms with van der Waals surface area (Å²) in [6, 6.07) is 6.79. The third-order valence-electron chi connectivity index (χ3n) is 3.42. The number of hydrogen-bond donors (Lipinski definition) is 2. The van der Waals surface area contributed by atoms with Crippen LogP contribution in [0.5, 0.6) is 0 Å². The van der Waals surface area contributed by atoms with E-state index in [0.29, 0.717) is 13.1 Å². The molecule has 0 bridgehead atoms. The zero-order valence-electron chi connectivity index (χ0n) is 11.3. The second-order valence-electron chi connectivity index (χ2n) is 5.04. The number of nitrogens with one attached hydrogen (secondary N) is 2. The molecule has 1 saturated carbocycles. The Balaban J connectivity index is 1.74. The fourth-order valence-corrected chi connectivity index (χ4v) is 2.14. The van der Waals surface area contributed by atoms with E-state index in [1.807, 2.05) is 6.07 Å². The number of halogens is 1. The summed E-state index contributed by atoms with van der Waals surface area (Å²) in [4.78, 5) is 11.4.